The third kappa shape index (κ3) is 5.36. The molecule has 2 heterocycles. The number of para-hydroxylation sites is 1. The predicted molar refractivity (Wildman–Crippen MR) is 154 cm³/mol. The maximum Gasteiger partial charge on any atom is 0.230 e. The van der Waals surface area contributed by atoms with E-state index in [-0.39, 0.29) is 23.6 Å². The van der Waals surface area contributed by atoms with Crippen LogP contribution in [0.1, 0.15) is 30.7 Å². The Morgan fingerprint density at radius 2 is 1.97 bits per heavy atom. The number of aromatic hydroxyl groups is 1. The van der Waals surface area contributed by atoms with Crippen molar-refractivity contribution in [2.24, 2.45) is 0 Å². The molecule has 0 aliphatic heterocycles. The normalized spacial score (nSPS) is 15.3. The highest BCUT2D eigenvalue weighted by Gasteiger charge is 2.38. The SMILES string of the molecule is C=CCC(C(=O)N(CCCNc1cc(-c2ccccc2O)nc2c(Br)cnn12)C1CC1=C)c1ccccc1. The minimum atomic E-state index is -0.252. The van der Waals surface area contributed by atoms with Crippen LogP contribution in [0.4, 0.5) is 5.82 Å². The lowest BCUT2D eigenvalue weighted by Gasteiger charge is -2.27. The topological polar surface area (TPSA) is 82.8 Å². The summed E-state index contributed by atoms with van der Waals surface area (Å²) in [6.07, 6.45) is 5.70. The van der Waals surface area contributed by atoms with Crippen molar-refractivity contribution >= 4 is 33.3 Å². The van der Waals surface area contributed by atoms with Crippen LogP contribution in [0.2, 0.25) is 0 Å². The van der Waals surface area contributed by atoms with E-state index >= 15 is 0 Å². The first-order valence-electron chi connectivity index (χ1n) is 12.7. The van der Waals surface area contributed by atoms with Gasteiger partial charge < -0.3 is 15.3 Å². The summed E-state index contributed by atoms with van der Waals surface area (Å²) in [4.78, 5) is 20.4. The molecule has 2 aromatic carbocycles. The van der Waals surface area contributed by atoms with Gasteiger partial charge in [0, 0.05) is 24.7 Å². The summed E-state index contributed by atoms with van der Waals surface area (Å²) >= 11 is 3.52. The van der Waals surface area contributed by atoms with Gasteiger partial charge in [-0.2, -0.15) is 9.61 Å². The summed E-state index contributed by atoms with van der Waals surface area (Å²) in [5.41, 5.74) is 4.03. The molecule has 8 heteroatoms. The molecule has 0 bridgehead atoms. The van der Waals surface area contributed by atoms with Crippen molar-refractivity contribution in [1.82, 2.24) is 19.5 Å². The first-order chi connectivity index (χ1) is 18.5. The number of hydrogen-bond acceptors (Lipinski definition) is 5. The number of nitrogens with one attached hydrogen (secondary N) is 1. The molecule has 1 saturated carbocycles. The molecule has 194 valence electrons. The Kier molecular flexibility index (Phi) is 7.60. The number of amides is 1. The van der Waals surface area contributed by atoms with E-state index in [0.717, 1.165) is 34.3 Å². The summed E-state index contributed by atoms with van der Waals surface area (Å²) in [7, 11) is 0. The van der Waals surface area contributed by atoms with E-state index in [1.54, 1.807) is 22.8 Å². The fraction of sp³-hybridized carbons (Fsp3) is 0.233. The average Bonchev–Trinajstić information content (AvgIpc) is 3.53. The molecule has 1 aliphatic rings. The fourth-order valence-corrected chi connectivity index (χ4v) is 5.08. The van der Waals surface area contributed by atoms with Gasteiger partial charge in [0.05, 0.1) is 28.3 Å². The van der Waals surface area contributed by atoms with Crippen molar-refractivity contribution in [1.29, 1.82) is 0 Å². The lowest BCUT2D eigenvalue weighted by atomic mass is 9.94. The monoisotopic (exact) mass is 571 g/mol. The van der Waals surface area contributed by atoms with Crippen LogP contribution in [0.3, 0.4) is 0 Å². The van der Waals surface area contributed by atoms with Crippen LogP contribution in [0.5, 0.6) is 5.75 Å². The van der Waals surface area contributed by atoms with E-state index in [1.807, 2.05) is 59.5 Å². The molecule has 1 amide bonds. The van der Waals surface area contributed by atoms with Gasteiger partial charge in [-0.1, -0.05) is 60.7 Å². The summed E-state index contributed by atoms with van der Waals surface area (Å²) < 4.78 is 2.49. The van der Waals surface area contributed by atoms with Crippen molar-refractivity contribution < 1.29 is 9.90 Å². The second kappa shape index (κ2) is 11.2. The molecular formula is C30H30BrN5O2. The molecule has 2 N–H and O–H groups in total. The van der Waals surface area contributed by atoms with Crippen LogP contribution in [0.25, 0.3) is 16.9 Å². The van der Waals surface area contributed by atoms with E-state index in [0.29, 0.717) is 36.4 Å². The second-order valence-electron chi connectivity index (χ2n) is 9.45. The Morgan fingerprint density at radius 3 is 2.68 bits per heavy atom. The number of benzene rings is 2. The standard InChI is InChI=1S/C30H30BrN5O2/c1-3-10-22(21-11-5-4-6-12-21)30(38)35(26-17-20(26)2)16-9-15-32-28-18-25(23-13-7-8-14-27(23)37)34-29-24(31)19-33-36(28)29/h3-8,11-14,18-19,22,26,32,37H,1-2,9-10,15-17H2. The third-order valence-corrected chi connectivity index (χ3v) is 7.38. The number of fused-ring (bicyclic) bond motifs is 1. The van der Waals surface area contributed by atoms with Gasteiger partial charge in [-0.15, -0.1) is 6.58 Å². The van der Waals surface area contributed by atoms with E-state index in [1.165, 1.54) is 0 Å². The van der Waals surface area contributed by atoms with Gasteiger partial charge in [-0.25, -0.2) is 4.98 Å². The highest BCUT2D eigenvalue weighted by molar-refractivity contribution is 9.10. The maximum absolute atomic E-state index is 13.7. The molecule has 0 radical (unpaired) electrons. The Bertz CT molecular complexity index is 1480. The number of carbonyl (C=O) groups is 1. The third-order valence-electron chi connectivity index (χ3n) is 6.82. The number of phenols is 1. The van der Waals surface area contributed by atoms with Crippen molar-refractivity contribution in [3.63, 3.8) is 0 Å². The number of halogens is 1. The van der Waals surface area contributed by atoms with Gasteiger partial charge in [0.1, 0.15) is 11.6 Å². The number of hydrogen-bond donors (Lipinski definition) is 2. The van der Waals surface area contributed by atoms with E-state index in [2.05, 4.69) is 39.5 Å². The first kappa shape index (κ1) is 25.7. The largest absolute Gasteiger partial charge is 0.507 e. The van der Waals surface area contributed by atoms with Crippen molar-refractivity contribution in [3.05, 3.63) is 102 Å². The Labute approximate surface area is 230 Å². The van der Waals surface area contributed by atoms with Crippen LogP contribution in [0, 0.1) is 0 Å². The van der Waals surface area contributed by atoms with Gasteiger partial charge in [-0.05, 0) is 52.9 Å². The van der Waals surface area contributed by atoms with Crippen LogP contribution in [-0.4, -0.2) is 49.6 Å². The van der Waals surface area contributed by atoms with E-state index in [9.17, 15) is 9.90 Å². The summed E-state index contributed by atoms with van der Waals surface area (Å²) in [6.45, 7) is 9.23. The molecule has 0 saturated heterocycles. The van der Waals surface area contributed by atoms with Gasteiger partial charge in [0.2, 0.25) is 5.91 Å². The molecule has 2 atom stereocenters. The van der Waals surface area contributed by atoms with Crippen LogP contribution < -0.4 is 5.32 Å². The van der Waals surface area contributed by atoms with E-state index < -0.39 is 0 Å². The number of allylic oxidation sites excluding steroid dienone is 1. The zero-order valence-corrected chi connectivity index (χ0v) is 22.6. The number of aromatic nitrogens is 3. The van der Waals surface area contributed by atoms with Gasteiger partial charge in [0.15, 0.2) is 5.65 Å². The van der Waals surface area contributed by atoms with E-state index in [4.69, 9.17) is 4.98 Å². The zero-order chi connectivity index (χ0) is 26.6. The Balaban J connectivity index is 1.32. The smallest absolute Gasteiger partial charge is 0.230 e. The summed E-state index contributed by atoms with van der Waals surface area (Å²) in [6, 6.07) is 19.0. The van der Waals surface area contributed by atoms with Crippen LogP contribution in [-0.2, 0) is 4.79 Å². The maximum atomic E-state index is 13.7. The minimum absolute atomic E-state index is 0.0980. The molecule has 1 fully saturated rings. The molecule has 4 aromatic rings. The minimum Gasteiger partial charge on any atom is -0.507 e. The summed E-state index contributed by atoms with van der Waals surface area (Å²) in [5.74, 6) is 0.778. The molecule has 0 spiro atoms. The van der Waals surface area contributed by atoms with Gasteiger partial charge >= 0.3 is 0 Å². The van der Waals surface area contributed by atoms with Crippen molar-refractivity contribution in [3.8, 4) is 17.0 Å². The van der Waals surface area contributed by atoms with Crippen molar-refractivity contribution in [2.75, 3.05) is 18.4 Å². The van der Waals surface area contributed by atoms with Gasteiger partial charge in [-0.3, -0.25) is 4.79 Å². The Hall–Kier alpha value is -3.91. The zero-order valence-electron chi connectivity index (χ0n) is 21.1. The van der Waals surface area contributed by atoms with Crippen LogP contribution >= 0.6 is 15.9 Å². The number of nitrogens with zero attached hydrogens (tertiary/aromatic N) is 4. The molecule has 2 unspecified atom stereocenters. The number of rotatable bonds is 11. The molecule has 7 nitrogen and oxygen atoms in total. The number of carbonyl (C=O) groups excluding carboxylic acids is 1. The van der Waals surface area contributed by atoms with Crippen LogP contribution in [0.15, 0.2) is 96.1 Å². The second-order valence-corrected chi connectivity index (χ2v) is 10.3. The number of phenolic OH excluding ortho intramolecular Hbond substituents is 1. The van der Waals surface area contributed by atoms with Gasteiger partial charge in [0.25, 0.3) is 0 Å². The lowest BCUT2D eigenvalue weighted by molar-refractivity contribution is -0.133. The number of anilines is 1. The highest BCUT2D eigenvalue weighted by Crippen LogP contribution is 2.36. The molecular weight excluding hydrogens is 542 g/mol. The Morgan fingerprint density at radius 1 is 1.24 bits per heavy atom. The molecule has 5 rings (SSSR count). The predicted octanol–water partition coefficient (Wildman–Crippen LogP) is 6.18. The highest BCUT2D eigenvalue weighted by atomic mass is 79.9. The van der Waals surface area contributed by atoms with Crippen molar-refractivity contribution in [2.45, 2.75) is 31.2 Å². The first-order valence-corrected chi connectivity index (χ1v) is 13.5. The summed E-state index contributed by atoms with van der Waals surface area (Å²) in [5, 5.41) is 18.3. The molecule has 2 aromatic heterocycles. The fourth-order valence-electron chi connectivity index (χ4n) is 4.73. The quantitative estimate of drug-likeness (QED) is 0.166. The molecule has 1 aliphatic carbocycles. The lowest BCUT2D eigenvalue weighted by Crippen LogP contribution is -2.38. The average molecular weight is 573 g/mol. The molecule has 38 heavy (non-hydrogen) atoms.